The van der Waals surface area contributed by atoms with Crippen LogP contribution in [0.4, 0.5) is 0 Å². The maximum absolute atomic E-state index is 12.9. The highest BCUT2D eigenvalue weighted by Crippen LogP contribution is 2.24. The van der Waals surface area contributed by atoms with Gasteiger partial charge in [0.05, 0.1) is 15.7 Å². The number of amides is 2. The first-order valence-electron chi connectivity index (χ1n) is 9.92. The van der Waals surface area contributed by atoms with Gasteiger partial charge in [-0.25, -0.2) is 4.98 Å². The van der Waals surface area contributed by atoms with E-state index >= 15 is 0 Å². The van der Waals surface area contributed by atoms with Crippen LogP contribution in [0.1, 0.15) is 20.3 Å². The second-order valence-corrected chi connectivity index (χ2v) is 9.96. The van der Waals surface area contributed by atoms with E-state index in [0.717, 1.165) is 22.9 Å². The van der Waals surface area contributed by atoms with Crippen molar-refractivity contribution in [2.75, 3.05) is 24.3 Å². The first-order valence-corrected chi connectivity index (χ1v) is 12.6. The number of para-hydroxylation sites is 1. The van der Waals surface area contributed by atoms with Crippen LogP contribution in [0.25, 0.3) is 10.2 Å². The third-order valence-electron chi connectivity index (χ3n) is 4.26. The number of ether oxygens (including phenoxy) is 1. The Balaban J connectivity index is 1.71. The van der Waals surface area contributed by atoms with Crippen LogP contribution in [-0.4, -0.2) is 40.4 Å². The molecule has 0 unspecified atom stereocenters. The molecule has 2 amide bonds. The van der Waals surface area contributed by atoms with Crippen LogP contribution in [0.5, 0.6) is 5.75 Å². The molecule has 0 radical (unpaired) electrons. The van der Waals surface area contributed by atoms with Crippen molar-refractivity contribution < 1.29 is 14.3 Å². The molecule has 8 nitrogen and oxygen atoms in total. The maximum Gasteiger partial charge on any atom is 0.291 e. The smallest absolute Gasteiger partial charge is 0.291 e. The van der Waals surface area contributed by atoms with Crippen molar-refractivity contribution in [2.24, 2.45) is 5.92 Å². The van der Waals surface area contributed by atoms with Crippen molar-refractivity contribution in [3.8, 4) is 5.75 Å². The van der Waals surface area contributed by atoms with Gasteiger partial charge in [0, 0.05) is 6.54 Å². The van der Waals surface area contributed by atoms with E-state index in [4.69, 9.17) is 4.74 Å². The Bertz CT molecular complexity index is 1160. The van der Waals surface area contributed by atoms with Crippen LogP contribution in [-0.2, 0) is 9.59 Å². The number of thioether (sulfide) groups is 1. The first kappa shape index (κ1) is 24.3. The number of carbonyl (C=O) groups is 2. The SMILES string of the molecule is CC(C)CCNC(=O)CSc1nc2ccsc2c(=O)n1NC(=O)COc1ccccc1Br. The molecule has 170 valence electrons. The summed E-state index contributed by atoms with van der Waals surface area (Å²) in [6.45, 7) is 4.46. The molecule has 1 aromatic carbocycles. The van der Waals surface area contributed by atoms with Gasteiger partial charge in [-0.1, -0.05) is 37.7 Å². The number of rotatable bonds is 10. The molecule has 0 aliphatic heterocycles. The average molecular weight is 539 g/mol. The summed E-state index contributed by atoms with van der Waals surface area (Å²) in [4.78, 5) is 42.0. The quantitative estimate of drug-likeness (QED) is 0.302. The van der Waals surface area contributed by atoms with Crippen LogP contribution in [0.15, 0.2) is 50.1 Å². The monoisotopic (exact) mass is 538 g/mol. The van der Waals surface area contributed by atoms with Gasteiger partial charge in [0.1, 0.15) is 10.4 Å². The third-order valence-corrected chi connectivity index (χ3v) is 6.74. The summed E-state index contributed by atoms with van der Waals surface area (Å²) in [5.74, 6) is 0.386. The normalized spacial score (nSPS) is 11.0. The molecule has 2 N–H and O–H groups in total. The molecule has 3 aromatic rings. The highest BCUT2D eigenvalue weighted by Gasteiger charge is 2.17. The number of hydrogen-bond acceptors (Lipinski definition) is 7. The fraction of sp³-hybridized carbons (Fsp3) is 0.333. The predicted molar refractivity (Wildman–Crippen MR) is 131 cm³/mol. The largest absolute Gasteiger partial charge is 0.483 e. The Labute approximate surface area is 201 Å². The molecule has 11 heteroatoms. The molecule has 0 aliphatic rings. The first-order chi connectivity index (χ1) is 15.3. The van der Waals surface area contributed by atoms with Crippen LogP contribution in [0.2, 0.25) is 0 Å². The van der Waals surface area contributed by atoms with Gasteiger partial charge in [0.2, 0.25) is 5.91 Å². The lowest BCUT2D eigenvalue weighted by Gasteiger charge is -2.14. The van der Waals surface area contributed by atoms with Gasteiger partial charge < -0.3 is 10.1 Å². The van der Waals surface area contributed by atoms with Gasteiger partial charge in [-0.15, -0.1) is 11.3 Å². The summed E-state index contributed by atoms with van der Waals surface area (Å²) in [7, 11) is 0. The van der Waals surface area contributed by atoms with Crippen molar-refractivity contribution in [1.82, 2.24) is 15.0 Å². The molecule has 0 spiro atoms. The number of hydrogen-bond donors (Lipinski definition) is 2. The summed E-state index contributed by atoms with van der Waals surface area (Å²) >= 11 is 5.68. The van der Waals surface area contributed by atoms with E-state index in [1.807, 2.05) is 6.07 Å². The van der Waals surface area contributed by atoms with Crippen molar-refractivity contribution in [1.29, 1.82) is 0 Å². The van der Waals surface area contributed by atoms with Crippen molar-refractivity contribution >= 4 is 61.1 Å². The Morgan fingerprint density at radius 3 is 2.78 bits per heavy atom. The number of thiophene rings is 1. The number of nitrogens with one attached hydrogen (secondary N) is 2. The highest BCUT2D eigenvalue weighted by molar-refractivity contribution is 9.10. The summed E-state index contributed by atoms with van der Waals surface area (Å²) in [6, 6.07) is 8.88. The van der Waals surface area contributed by atoms with Crippen LogP contribution >= 0.6 is 39.0 Å². The minimum absolute atomic E-state index is 0.0729. The van der Waals surface area contributed by atoms with E-state index in [9.17, 15) is 14.4 Å². The average Bonchev–Trinajstić information content (AvgIpc) is 3.22. The second kappa shape index (κ2) is 11.5. The minimum atomic E-state index is -0.524. The predicted octanol–water partition coefficient (Wildman–Crippen LogP) is 3.62. The van der Waals surface area contributed by atoms with Gasteiger partial charge in [-0.2, -0.15) is 4.68 Å². The molecule has 0 fully saturated rings. The topological polar surface area (TPSA) is 102 Å². The molecular weight excluding hydrogens is 516 g/mol. The summed E-state index contributed by atoms with van der Waals surface area (Å²) in [5.41, 5.74) is 2.67. The molecule has 32 heavy (non-hydrogen) atoms. The van der Waals surface area contributed by atoms with Gasteiger partial charge >= 0.3 is 0 Å². The molecule has 0 bridgehead atoms. The zero-order chi connectivity index (χ0) is 23.1. The number of aromatic nitrogens is 2. The molecular formula is C21H23BrN4O4S2. The lowest BCUT2D eigenvalue weighted by atomic mass is 10.1. The van der Waals surface area contributed by atoms with Gasteiger partial charge in [-0.05, 0) is 51.8 Å². The van der Waals surface area contributed by atoms with Crippen LogP contribution in [0, 0.1) is 5.92 Å². The van der Waals surface area contributed by atoms with E-state index in [0.29, 0.717) is 32.9 Å². The van der Waals surface area contributed by atoms with Crippen molar-refractivity contribution in [3.05, 3.63) is 50.5 Å². The molecule has 2 aromatic heterocycles. The van der Waals surface area contributed by atoms with Crippen LogP contribution < -0.4 is 21.0 Å². The Hall–Kier alpha value is -2.37. The molecule has 0 aliphatic carbocycles. The van der Waals surface area contributed by atoms with E-state index in [1.54, 1.807) is 29.6 Å². The third kappa shape index (κ3) is 6.57. The fourth-order valence-electron chi connectivity index (χ4n) is 2.63. The van der Waals surface area contributed by atoms with E-state index in [-0.39, 0.29) is 23.4 Å². The lowest BCUT2D eigenvalue weighted by molar-refractivity contribution is -0.119. The molecule has 0 saturated heterocycles. The molecule has 3 rings (SSSR count). The zero-order valence-electron chi connectivity index (χ0n) is 17.6. The standard InChI is InChI=1S/C21H23BrN4O4S2/c1-13(2)7-9-23-18(28)12-32-21-24-15-8-10-31-19(15)20(29)26(21)25-17(27)11-30-16-6-4-3-5-14(16)22/h3-6,8,10,13H,7,9,11-12H2,1-2H3,(H,23,28)(H,25,27). The number of nitrogens with zero attached hydrogens (tertiary/aromatic N) is 2. The Morgan fingerprint density at radius 2 is 2.03 bits per heavy atom. The summed E-state index contributed by atoms with van der Waals surface area (Å²) in [5, 5.41) is 4.84. The minimum Gasteiger partial charge on any atom is -0.483 e. The zero-order valence-corrected chi connectivity index (χ0v) is 20.8. The van der Waals surface area contributed by atoms with Gasteiger partial charge in [0.15, 0.2) is 11.8 Å². The van der Waals surface area contributed by atoms with Crippen molar-refractivity contribution in [2.45, 2.75) is 25.4 Å². The summed E-state index contributed by atoms with van der Waals surface area (Å²) < 4.78 is 7.74. The maximum atomic E-state index is 12.9. The van der Waals surface area contributed by atoms with Gasteiger partial charge in [-0.3, -0.25) is 19.8 Å². The second-order valence-electron chi connectivity index (χ2n) is 7.25. The number of benzene rings is 1. The fourth-order valence-corrected chi connectivity index (χ4v) is 4.57. The van der Waals surface area contributed by atoms with Crippen molar-refractivity contribution in [3.63, 3.8) is 0 Å². The van der Waals surface area contributed by atoms with E-state index in [2.05, 4.69) is 45.5 Å². The number of fused-ring (bicyclic) bond motifs is 1. The Morgan fingerprint density at radius 1 is 1.25 bits per heavy atom. The molecule has 0 atom stereocenters. The number of carbonyl (C=O) groups excluding carboxylic acids is 2. The lowest BCUT2D eigenvalue weighted by Crippen LogP contribution is -2.37. The summed E-state index contributed by atoms with van der Waals surface area (Å²) in [6.07, 6.45) is 0.883. The number of halogens is 1. The van der Waals surface area contributed by atoms with E-state index in [1.165, 1.54) is 11.3 Å². The Kier molecular flexibility index (Phi) is 8.71. The van der Waals surface area contributed by atoms with E-state index < -0.39 is 11.5 Å². The molecule has 2 heterocycles. The van der Waals surface area contributed by atoms with Crippen LogP contribution in [0.3, 0.4) is 0 Å². The molecule has 0 saturated carbocycles. The highest BCUT2D eigenvalue weighted by atomic mass is 79.9. The van der Waals surface area contributed by atoms with Gasteiger partial charge in [0.25, 0.3) is 11.5 Å².